The molecule has 1 N–H and O–H groups in total. The minimum Gasteiger partial charge on any atom is -0.304 e. The first-order chi connectivity index (χ1) is 21.0. The van der Waals surface area contributed by atoms with Gasteiger partial charge in [-0.3, -0.25) is 19.8 Å². The lowest BCUT2D eigenvalue weighted by molar-refractivity contribution is -0.118. The van der Waals surface area contributed by atoms with Crippen molar-refractivity contribution in [2.24, 2.45) is 15.9 Å². The number of carbonyl (C=O) groups excluding carboxylic acids is 1. The number of hydrogen-bond acceptors (Lipinski definition) is 5. The zero-order valence-electron chi connectivity index (χ0n) is 23.8. The van der Waals surface area contributed by atoms with Crippen LogP contribution in [0.5, 0.6) is 0 Å². The average Bonchev–Trinajstić information content (AvgIpc) is 3.09. The standard InChI is InChI=1S/C36H32F2N4O/c37-32-8-4-7-31(36(32)38)35-9-2-1-6-29-24-41-23-27(5-3-10-34(29)42-35)21-30(43)22-33(39)28-15-13-25(14-16-28)11-12-26-17-19-40-20-18-26/h4,6-8,10,13-20,24,27,39H,1-3,5,9,21-23H2. The van der Waals surface area contributed by atoms with Gasteiger partial charge in [0, 0.05) is 66.0 Å². The molecule has 1 atom stereocenters. The number of ketones is 1. The maximum absolute atomic E-state index is 14.6. The van der Waals surface area contributed by atoms with Crippen molar-refractivity contribution in [3.05, 3.63) is 124 Å². The lowest BCUT2D eigenvalue weighted by Crippen LogP contribution is -2.15. The Bertz CT molecular complexity index is 1680. The van der Waals surface area contributed by atoms with Gasteiger partial charge in [0.25, 0.3) is 0 Å². The first kappa shape index (κ1) is 29.7. The summed E-state index contributed by atoms with van der Waals surface area (Å²) in [6, 6.07) is 15.2. The Balaban J connectivity index is 1.21. The van der Waals surface area contributed by atoms with E-state index in [1.54, 1.807) is 24.7 Å². The average molecular weight is 575 g/mol. The molecule has 2 aliphatic heterocycles. The van der Waals surface area contributed by atoms with Gasteiger partial charge in [0.1, 0.15) is 5.78 Å². The predicted octanol–water partition coefficient (Wildman–Crippen LogP) is 7.44. The summed E-state index contributed by atoms with van der Waals surface area (Å²) in [7, 11) is 0. The molecule has 2 aliphatic rings. The molecular weight excluding hydrogens is 542 g/mol. The summed E-state index contributed by atoms with van der Waals surface area (Å²) in [6.45, 7) is 0.497. The van der Waals surface area contributed by atoms with Crippen molar-refractivity contribution in [3.8, 4) is 11.8 Å². The summed E-state index contributed by atoms with van der Waals surface area (Å²) >= 11 is 0. The highest BCUT2D eigenvalue weighted by Gasteiger charge is 2.19. The van der Waals surface area contributed by atoms with Gasteiger partial charge in [0.05, 0.1) is 11.4 Å². The highest BCUT2D eigenvalue weighted by atomic mass is 19.2. The highest BCUT2D eigenvalue weighted by Crippen LogP contribution is 2.25. The molecule has 1 aromatic heterocycles. The minimum absolute atomic E-state index is 0.00535. The fourth-order valence-corrected chi connectivity index (χ4v) is 5.14. The summed E-state index contributed by atoms with van der Waals surface area (Å²) in [6.07, 6.45) is 13.2. The molecule has 1 unspecified atom stereocenters. The van der Waals surface area contributed by atoms with E-state index in [0.29, 0.717) is 42.8 Å². The molecule has 43 heavy (non-hydrogen) atoms. The fraction of sp³-hybridized carbons (Fsp3) is 0.250. The molecule has 3 aromatic rings. The van der Waals surface area contributed by atoms with Crippen LogP contribution in [0.3, 0.4) is 0 Å². The van der Waals surface area contributed by atoms with Crippen molar-refractivity contribution >= 4 is 23.4 Å². The van der Waals surface area contributed by atoms with Crippen molar-refractivity contribution in [1.82, 2.24) is 4.98 Å². The number of rotatable bonds is 6. The molecule has 0 aliphatic carbocycles. The van der Waals surface area contributed by atoms with Gasteiger partial charge in [0.15, 0.2) is 11.6 Å². The first-order valence-electron chi connectivity index (χ1n) is 14.5. The molecule has 3 heterocycles. The van der Waals surface area contributed by atoms with E-state index in [1.807, 2.05) is 42.5 Å². The van der Waals surface area contributed by atoms with E-state index in [1.165, 1.54) is 6.07 Å². The number of nitrogens with one attached hydrogen (secondary N) is 1. The molecule has 0 amide bonds. The summed E-state index contributed by atoms with van der Waals surface area (Å²) in [4.78, 5) is 26.4. The molecule has 0 radical (unpaired) electrons. The second-order valence-electron chi connectivity index (χ2n) is 10.7. The van der Waals surface area contributed by atoms with Gasteiger partial charge in [-0.05, 0) is 80.0 Å². The number of allylic oxidation sites excluding steroid dienone is 3. The number of aromatic nitrogens is 1. The van der Waals surface area contributed by atoms with Crippen LogP contribution in [0.1, 0.15) is 67.2 Å². The van der Waals surface area contributed by atoms with Crippen molar-refractivity contribution in [2.75, 3.05) is 6.54 Å². The maximum atomic E-state index is 14.6. The maximum Gasteiger partial charge on any atom is 0.167 e. The number of aliphatic imine (C=N–C) groups is 2. The Kier molecular flexibility index (Phi) is 9.91. The summed E-state index contributed by atoms with van der Waals surface area (Å²) in [5, 5.41) is 8.49. The number of benzene rings is 2. The number of Topliss-reactive ketones (excluding diaryl/α,β-unsaturated/α-hetero) is 1. The van der Waals surface area contributed by atoms with Crippen molar-refractivity contribution in [2.45, 2.75) is 44.9 Å². The number of hydrogen-bond donors (Lipinski definition) is 1. The highest BCUT2D eigenvalue weighted by molar-refractivity contribution is 6.09. The van der Waals surface area contributed by atoms with Crippen LogP contribution in [0.15, 0.2) is 100 Å². The molecule has 0 spiro atoms. The van der Waals surface area contributed by atoms with E-state index in [-0.39, 0.29) is 29.4 Å². The third-order valence-electron chi connectivity index (χ3n) is 7.46. The molecule has 2 aromatic carbocycles. The van der Waals surface area contributed by atoms with E-state index < -0.39 is 11.6 Å². The molecule has 5 nitrogen and oxygen atoms in total. The lowest BCUT2D eigenvalue weighted by Gasteiger charge is -2.14. The van der Waals surface area contributed by atoms with Crippen LogP contribution in [0, 0.1) is 34.8 Å². The van der Waals surface area contributed by atoms with Crippen LogP contribution in [-0.2, 0) is 4.79 Å². The normalized spacial score (nSPS) is 16.8. The second-order valence-corrected chi connectivity index (χ2v) is 10.7. The number of pyridine rings is 1. The summed E-state index contributed by atoms with van der Waals surface area (Å²) in [5.74, 6) is 4.47. The van der Waals surface area contributed by atoms with Crippen molar-refractivity contribution in [1.29, 1.82) is 5.41 Å². The summed E-state index contributed by atoms with van der Waals surface area (Å²) < 4.78 is 28.5. The monoisotopic (exact) mass is 574 g/mol. The molecular formula is C36H32F2N4O. The molecule has 0 saturated carbocycles. The van der Waals surface area contributed by atoms with Gasteiger partial charge < -0.3 is 5.41 Å². The predicted molar refractivity (Wildman–Crippen MR) is 167 cm³/mol. The Hall–Kier alpha value is -4.83. The van der Waals surface area contributed by atoms with Gasteiger partial charge in [-0.1, -0.05) is 42.2 Å². The number of carbonyl (C=O) groups is 1. The third kappa shape index (κ3) is 8.14. The Morgan fingerprint density at radius 2 is 1.72 bits per heavy atom. The zero-order valence-corrected chi connectivity index (χ0v) is 23.8. The van der Waals surface area contributed by atoms with Gasteiger partial charge >= 0.3 is 0 Å². The molecule has 5 rings (SSSR count). The molecule has 0 fully saturated rings. The topological polar surface area (TPSA) is 78.5 Å². The minimum atomic E-state index is -0.882. The van der Waals surface area contributed by atoms with Crippen molar-refractivity contribution in [3.63, 3.8) is 0 Å². The molecule has 0 bridgehead atoms. The van der Waals surface area contributed by atoms with Crippen LogP contribution in [0.25, 0.3) is 0 Å². The second kappa shape index (κ2) is 14.4. The largest absolute Gasteiger partial charge is 0.304 e. The molecule has 0 saturated heterocycles. The van der Waals surface area contributed by atoms with Crippen LogP contribution in [0.4, 0.5) is 8.78 Å². The van der Waals surface area contributed by atoms with Crippen LogP contribution < -0.4 is 0 Å². The fourth-order valence-electron chi connectivity index (χ4n) is 5.14. The van der Waals surface area contributed by atoms with Gasteiger partial charge in [-0.15, -0.1) is 0 Å². The summed E-state index contributed by atoms with van der Waals surface area (Å²) in [5.41, 5.74) is 4.96. The van der Waals surface area contributed by atoms with E-state index in [0.717, 1.165) is 42.0 Å². The van der Waals surface area contributed by atoms with E-state index >= 15 is 0 Å². The molecule has 216 valence electrons. The van der Waals surface area contributed by atoms with Crippen molar-refractivity contribution < 1.29 is 13.6 Å². The first-order valence-corrected chi connectivity index (χ1v) is 14.5. The zero-order chi connectivity index (χ0) is 30.0. The number of nitrogens with zero attached hydrogens (tertiary/aromatic N) is 3. The van der Waals surface area contributed by atoms with Gasteiger partial charge in [-0.2, -0.15) is 0 Å². The van der Waals surface area contributed by atoms with Crippen LogP contribution in [-0.4, -0.2) is 34.9 Å². The smallest absolute Gasteiger partial charge is 0.167 e. The van der Waals surface area contributed by atoms with E-state index in [4.69, 9.17) is 10.4 Å². The SMILES string of the molecule is N=C(CC(=O)CC1CCC=C2N=C(c3cccc(F)c3F)CCCC=C2C=NC1)c1ccc(C#Cc2ccncc2)cc1. The van der Waals surface area contributed by atoms with E-state index in [2.05, 4.69) is 27.9 Å². The third-order valence-corrected chi connectivity index (χ3v) is 7.46. The Morgan fingerprint density at radius 1 is 0.953 bits per heavy atom. The number of fused-ring (bicyclic) bond motifs is 1. The van der Waals surface area contributed by atoms with Gasteiger partial charge in [-0.25, -0.2) is 8.78 Å². The van der Waals surface area contributed by atoms with Crippen LogP contribution >= 0.6 is 0 Å². The number of halogens is 2. The lowest BCUT2D eigenvalue weighted by atomic mass is 9.93. The van der Waals surface area contributed by atoms with E-state index in [9.17, 15) is 13.6 Å². The van der Waals surface area contributed by atoms with Gasteiger partial charge in [0.2, 0.25) is 0 Å². The molecule has 7 heteroatoms. The Morgan fingerprint density at radius 3 is 2.51 bits per heavy atom. The van der Waals surface area contributed by atoms with Crippen LogP contribution in [0.2, 0.25) is 0 Å². The quantitative estimate of drug-likeness (QED) is 0.245. The Labute approximate surface area is 250 Å².